The van der Waals surface area contributed by atoms with Crippen molar-refractivity contribution in [2.24, 2.45) is 5.73 Å². The number of carbonyl (C=O) groups excluding carboxylic acids is 1. The van der Waals surface area contributed by atoms with Crippen LogP contribution in [0.1, 0.15) is 10.4 Å². The third kappa shape index (κ3) is 3.78. The quantitative estimate of drug-likeness (QED) is 0.192. The summed E-state index contributed by atoms with van der Waals surface area (Å²) in [6.45, 7) is 0. The summed E-state index contributed by atoms with van der Waals surface area (Å²) in [5.74, 6) is -0.434. The van der Waals surface area contributed by atoms with Crippen LogP contribution in [0.2, 0.25) is 0 Å². The van der Waals surface area contributed by atoms with Gasteiger partial charge in [0.2, 0.25) is 11.6 Å². The molecule has 0 spiro atoms. The molecule has 1 saturated carbocycles. The van der Waals surface area contributed by atoms with E-state index in [1.807, 2.05) is 0 Å². The fourth-order valence-corrected chi connectivity index (χ4v) is 3.16. The van der Waals surface area contributed by atoms with Gasteiger partial charge in [-0.1, -0.05) is 0 Å². The predicted molar refractivity (Wildman–Crippen MR) is 103 cm³/mol. The third-order valence-electron chi connectivity index (χ3n) is 4.91. The van der Waals surface area contributed by atoms with Crippen molar-refractivity contribution in [3.63, 3.8) is 0 Å². The van der Waals surface area contributed by atoms with E-state index in [0.717, 1.165) is 17.2 Å². The highest BCUT2D eigenvalue weighted by Gasteiger charge is 2.59. The summed E-state index contributed by atoms with van der Waals surface area (Å²) < 4.78 is 0.869. The second-order valence-electron chi connectivity index (χ2n) is 6.80. The molecule has 14 heteroatoms. The van der Waals surface area contributed by atoms with Crippen LogP contribution in [0.5, 0.6) is 0 Å². The van der Waals surface area contributed by atoms with E-state index in [4.69, 9.17) is 11.5 Å². The molecule has 1 aliphatic rings. The molecule has 10 N–H and O–H groups in total. The molecule has 3 heterocycles. The smallest absolute Gasteiger partial charge is 0.250 e. The van der Waals surface area contributed by atoms with Gasteiger partial charge >= 0.3 is 0 Å². The minimum atomic E-state index is -2.58. The number of nitrogen functional groups attached to an aromatic ring is 1. The third-order valence-corrected chi connectivity index (χ3v) is 4.91. The number of rotatable bonds is 2. The first-order chi connectivity index (χ1) is 14.6. The Morgan fingerprint density at radius 1 is 1.03 bits per heavy atom. The molecule has 31 heavy (non-hydrogen) atoms. The second-order valence-corrected chi connectivity index (χ2v) is 6.80. The van der Waals surface area contributed by atoms with Crippen LogP contribution in [0.4, 0.5) is 5.82 Å². The number of amides is 1. The van der Waals surface area contributed by atoms with Gasteiger partial charge in [-0.25, -0.2) is 15.0 Å². The molecule has 1 aliphatic carbocycles. The normalized spacial score (nSPS) is 30.5. The van der Waals surface area contributed by atoms with Crippen molar-refractivity contribution in [3.8, 4) is 0 Å². The Hall–Kier alpha value is -3.27. The number of carbonyl (C=O) groups is 1. The van der Waals surface area contributed by atoms with Crippen LogP contribution in [-0.4, -0.2) is 91.6 Å². The summed E-state index contributed by atoms with van der Waals surface area (Å²) in [6.07, 6.45) is -4.54. The number of primary amides is 1. The zero-order valence-electron chi connectivity index (χ0n) is 15.8. The lowest BCUT2D eigenvalue weighted by Crippen LogP contribution is -2.71. The highest BCUT2D eigenvalue weighted by atomic mass is 16.4. The summed E-state index contributed by atoms with van der Waals surface area (Å²) in [5.41, 5.74) is 8.50. The molecule has 14 nitrogen and oxygen atoms in total. The van der Waals surface area contributed by atoms with Crippen LogP contribution in [0.15, 0.2) is 37.2 Å². The van der Waals surface area contributed by atoms with Crippen molar-refractivity contribution >= 4 is 22.9 Å². The maximum atomic E-state index is 10.7. The Kier molecular flexibility index (Phi) is 6.12. The number of aliphatic hydroxyl groups is 6. The van der Waals surface area contributed by atoms with Crippen molar-refractivity contribution in [1.29, 1.82) is 0 Å². The number of anilines is 1. The zero-order valence-corrected chi connectivity index (χ0v) is 15.8. The average Bonchev–Trinajstić information content (AvgIpc) is 3.22. The van der Waals surface area contributed by atoms with Crippen LogP contribution in [0, 0.1) is 0 Å². The van der Waals surface area contributed by atoms with Gasteiger partial charge in [-0.05, 0) is 12.1 Å². The molecule has 2 unspecified atom stereocenters. The minimum Gasteiger partial charge on any atom is -0.387 e. The Bertz CT molecular complexity index is 1050. The SMILES string of the molecule is NC(=O)c1cccnc1.Nc1ncnc2c1ncn2C1(O)[C@H](O)[C@H](O)C(O)[C@H](O)[C@H]1O. The topological polar surface area (TPSA) is 247 Å². The maximum Gasteiger partial charge on any atom is 0.250 e. The highest BCUT2D eigenvalue weighted by Crippen LogP contribution is 2.36. The van der Waals surface area contributed by atoms with Gasteiger partial charge in [0.1, 0.15) is 42.4 Å². The van der Waals surface area contributed by atoms with Crippen LogP contribution in [0.25, 0.3) is 11.2 Å². The molecule has 166 valence electrons. The van der Waals surface area contributed by atoms with E-state index in [1.54, 1.807) is 18.3 Å². The Balaban J connectivity index is 0.000000254. The molecule has 0 bridgehead atoms. The van der Waals surface area contributed by atoms with Gasteiger partial charge in [-0.15, -0.1) is 0 Å². The summed E-state index contributed by atoms with van der Waals surface area (Å²) in [6, 6.07) is 3.29. The first-order valence-corrected chi connectivity index (χ1v) is 8.87. The number of aliphatic hydroxyl groups excluding tert-OH is 5. The van der Waals surface area contributed by atoms with Crippen LogP contribution >= 0.6 is 0 Å². The fourth-order valence-electron chi connectivity index (χ4n) is 3.16. The van der Waals surface area contributed by atoms with Gasteiger partial charge in [0, 0.05) is 12.4 Å². The van der Waals surface area contributed by atoms with Crippen molar-refractivity contribution in [2.45, 2.75) is 36.2 Å². The van der Waals surface area contributed by atoms with E-state index in [0.29, 0.717) is 5.56 Å². The summed E-state index contributed by atoms with van der Waals surface area (Å²) >= 11 is 0. The summed E-state index contributed by atoms with van der Waals surface area (Å²) in [5, 5.41) is 60.0. The van der Waals surface area contributed by atoms with Gasteiger partial charge in [0.15, 0.2) is 11.5 Å². The number of pyridine rings is 1. The maximum absolute atomic E-state index is 10.7. The van der Waals surface area contributed by atoms with Crippen LogP contribution < -0.4 is 11.5 Å². The minimum absolute atomic E-state index is 0.00766. The van der Waals surface area contributed by atoms with Gasteiger partial charge < -0.3 is 42.1 Å². The molecule has 3 aromatic heterocycles. The lowest BCUT2D eigenvalue weighted by Gasteiger charge is -2.47. The number of hydrogen-bond acceptors (Lipinski definition) is 12. The molecule has 0 aromatic carbocycles. The fraction of sp³-hybridized carbons (Fsp3) is 0.353. The summed E-state index contributed by atoms with van der Waals surface area (Å²) in [7, 11) is 0. The largest absolute Gasteiger partial charge is 0.387 e. The average molecular weight is 435 g/mol. The number of hydrogen-bond donors (Lipinski definition) is 8. The molecular formula is C17H21N7O7. The van der Waals surface area contributed by atoms with Crippen molar-refractivity contribution in [3.05, 3.63) is 42.7 Å². The zero-order chi connectivity index (χ0) is 22.9. The van der Waals surface area contributed by atoms with Crippen LogP contribution in [0.3, 0.4) is 0 Å². The Morgan fingerprint density at radius 3 is 2.19 bits per heavy atom. The molecule has 0 radical (unpaired) electrons. The first kappa shape index (κ1) is 22.4. The van der Waals surface area contributed by atoms with Crippen molar-refractivity contribution in [2.75, 3.05) is 5.73 Å². The highest BCUT2D eigenvalue weighted by molar-refractivity contribution is 5.92. The van der Waals surface area contributed by atoms with E-state index >= 15 is 0 Å². The van der Waals surface area contributed by atoms with Crippen molar-refractivity contribution < 1.29 is 35.4 Å². The predicted octanol–water partition coefficient (Wildman–Crippen LogP) is -3.95. The standard InChI is InChI=1S/C11H15N5O6.C6H6N2O/c12-9-3-10(14-1-13-9)16(2-15-3)11(22)7(20)5(18)4(17)6(19)8(11)21;7-6(9)5-2-1-3-8-4-5/h1-2,4-8,17-22H,(H2,12,13,14);1-4H,(H2,7,9)/t4?,5-,6+,7-,8-,11?;/m1./s1. The van der Waals surface area contributed by atoms with Gasteiger partial charge in [-0.2, -0.15) is 0 Å². The molecule has 1 amide bonds. The first-order valence-electron chi connectivity index (χ1n) is 8.87. The van der Waals surface area contributed by atoms with Crippen LogP contribution in [-0.2, 0) is 5.72 Å². The van der Waals surface area contributed by atoms with Gasteiger partial charge in [-0.3, -0.25) is 14.3 Å². The van der Waals surface area contributed by atoms with Gasteiger partial charge in [0.05, 0.1) is 11.9 Å². The number of imidazole rings is 1. The van der Waals surface area contributed by atoms with E-state index in [-0.39, 0.29) is 17.0 Å². The molecule has 3 aromatic rings. The van der Waals surface area contributed by atoms with Gasteiger partial charge in [0.25, 0.3) is 0 Å². The van der Waals surface area contributed by atoms with E-state index in [2.05, 4.69) is 19.9 Å². The molecule has 0 aliphatic heterocycles. The number of aromatic nitrogens is 5. The Morgan fingerprint density at radius 2 is 1.68 bits per heavy atom. The summed E-state index contributed by atoms with van der Waals surface area (Å²) in [4.78, 5) is 25.5. The molecule has 6 atom stereocenters. The number of nitrogens with zero attached hydrogens (tertiary/aromatic N) is 5. The number of fused-ring (bicyclic) bond motifs is 1. The molecule has 1 fully saturated rings. The molecule has 0 saturated heterocycles. The lowest BCUT2D eigenvalue weighted by molar-refractivity contribution is -0.299. The Labute approximate surface area is 174 Å². The van der Waals surface area contributed by atoms with Crippen molar-refractivity contribution in [1.82, 2.24) is 24.5 Å². The molecule has 4 rings (SSSR count). The monoisotopic (exact) mass is 435 g/mol. The van der Waals surface area contributed by atoms with E-state index in [9.17, 15) is 35.4 Å². The molecular weight excluding hydrogens is 414 g/mol. The second kappa shape index (κ2) is 8.46. The van der Waals surface area contributed by atoms with E-state index < -0.39 is 42.2 Å². The van der Waals surface area contributed by atoms with E-state index in [1.165, 1.54) is 6.20 Å². The number of nitrogens with two attached hydrogens (primary N) is 2. The lowest BCUT2D eigenvalue weighted by atomic mass is 9.80.